The van der Waals surface area contributed by atoms with Crippen molar-refractivity contribution in [3.63, 3.8) is 0 Å². The first-order valence-electron chi connectivity index (χ1n) is 13.7. The lowest BCUT2D eigenvalue weighted by molar-refractivity contribution is -0.893. The van der Waals surface area contributed by atoms with Gasteiger partial charge in [-0.1, -0.05) is 103 Å². The highest BCUT2D eigenvalue weighted by Crippen LogP contribution is 2.17. The van der Waals surface area contributed by atoms with E-state index in [0.717, 1.165) is 12.8 Å². The van der Waals surface area contributed by atoms with Gasteiger partial charge in [-0.15, -0.1) is 6.58 Å². The molecule has 7 heteroatoms. The Labute approximate surface area is 210 Å². The maximum Gasteiger partial charge on any atom is 0.271 e. The molecule has 0 saturated carbocycles. The van der Waals surface area contributed by atoms with Crippen LogP contribution in [0.2, 0.25) is 0 Å². The summed E-state index contributed by atoms with van der Waals surface area (Å²) in [6, 6.07) is 0. The van der Waals surface area contributed by atoms with E-state index in [0.29, 0.717) is 30.4 Å². The smallest absolute Gasteiger partial charge is 0.271 e. The zero-order chi connectivity index (χ0) is 25.7. The topological polar surface area (TPSA) is 83.5 Å². The first kappa shape index (κ1) is 33.1. The average Bonchev–Trinajstić information content (AvgIpc) is 2.72. The molecule has 0 N–H and O–H groups in total. The van der Waals surface area contributed by atoms with Crippen molar-refractivity contribution in [1.82, 2.24) is 0 Å². The van der Waals surface area contributed by atoms with Gasteiger partial charge in [0, 0.05) is 12.4 Å². The Hall–Kier alpha value is -0.920. The zero-order valence-corrected chi connectivity index (χ0v) is 23.2. The molecule has 0 heterocycles. The molecule has 1 atom stereocenters. The highest BCUT2D eigenvalue weighted by atomic mass is 32.2. The van der Waals surface area contributed by atoms with E-state index in [-0.39, 0.29) is 12.2 Å². The molecule has 0 aliphatic heterocycles. The summed E-state index contributed by atoms with van der Waals surface area (Å²) in [5, 5.41) is 10.7. The van der Waals surface area contributed by atoms with Crippen molar-refractivity contribution >= 4 is 16.1 Å². The molecule has 0 radical (unpaired) electrons. The van der Waals surface area contributed by atoms with Crippen LogP contribution in [-0.4, -0.2) is 57.9 Å². The number of carboxylic acid groups (broad SMARTS) is 1. The summed E-state index contributed by atoms with van der Waals surface area (Å²) in [6.07, 6.45) is 20.1. The molecule has 202 valence electrons. The second kappa shape index (κ2) is 20.3. The fraction of sp³-hybridized carbons (Fsp3) is 0.889. The molecule has 0 bridgehead atoms. The maximum atomic E-state index is 12.2. The number of unbranched alkanes of at least 4 members (excludes halogenated alkanes) is 13. The Bertz CT molecular complexity index is 619. The third-order valence-corrected chi connectivity index (χ3v) is 7.54. The van der Waals surface area contributed by atoms with E-state index in [4.69, 9.17) is 4.18 Å². The summed E-state index contributed by atoms with van der Waals surface area (Å²) in [7, 11) is 0.327. The van der Waals surface area contributed by atoms with Crippen molar-refractivity contribution in [3.8, 4) is 0 Å². The van der Waals surface area contributed by atoms with Crippen LogP contribution in [0.5, 0.6) is 0 Å². The Morgan fingerprint density at radius 2 is 1.35 bits per heavy atom. The molecule has 0 aliphatic carbocycles. The van der Waals surface area contributed by atoms with Crippen LogP contribution >= 0.6 is 0 Å². The third kappa shape index (κ3) is 21.6. The number of aliphatic carboxylic acids is 1. The number of carbonyl (C=O) groups is 1. The Balaban J connectivity index is 4.16. The van der Waals surface area contributed by atoms with Crippen molar-refractivity contribution in [1.29, 1.82) is 0 Å². The van der Waals surface area contributed by atoms with Crippen LogP contribution < -0.4 is 5.11 Å². The van der Waals surface area contributed by atoms with E-state index >= 15 is 0 Å². The molecule has 34 heavy (non-hydrogen) atoms. The lowest BCUT2D eigenvalue weighted by atomic mass is 10.0. The first-order valence-corrected chi connectivity index (χ1v) is 15.2. The van der Waals surface area contributed by atoms with E-state index in [1.807, 2.05) is 14.1 Å². The van der Waals surface area contributed by atoms with Gasteiger partial charge >= 0.3 is 0 Å². The van der Waals surface area contributed by atoms with Crippen molar-refractivity contribution in [2.24, 2.45) is 0 Å². The van der Waals surface area contributed by atoms with Crippen LogP contribution in [0.15, 0.2) is 12.7 Å². The molecule has 0 aliphatic rings. The van der Waals surface area contributed by atoms with E-state index in [2.05, 4.69) is 13.5 Å². The number of carbonyl (C=O) groups excluding carboxylic acids is 1. The lowest BCUT2D eigenvalue weighted by Crippen LogP contribution is -2.47. The van der Waals surface area contributed by atoms with Crippen LogP contribution in [0.4, 0.5) is 0 Å². The molecular formula is C27H53NO5S. The Kier molecular flexibility index (Phi) is 19.7. The molecule has 0 rings (SSSR count). The van der Waals surface area contributed by atoms with Gasteiger partial charge in [0.15, 0.2) is 0 Å². The van der Waals surface area contributed by atoms with Crippen LogP contribution in [0, 0.1) is 0 Å². The van der Waals surface area contributed by atoms with Crippen LogP contribution in [0.1, 0.15) is 116 Å². The van der Waals surface area contributed by atoms with Crippen molar-refractivity contribution in [3.05, 3.63) is 12.7 Å². The number of rotatable bonds is 25. The average molecular weight is 504 g/mol. The van der Waals surface area contributed by atoms with Crippen molar-refractivity contribution < 1.29 is 27.0 Å². The standard InChI is InChI=1S/C27H53NO5S/c1-5-7-8-9-10-11-12-13-14-15-16-17-18-19-21-26(33-34(31,32)24-6-2)25-28(3,4)23-20-22-27(29)30/h6,26H,2,5,7-25H2,1,3-4H3. The molecule has 6 nitrogen and oxygen atoms in total. The molecule has 0 aromatic heterocycles. The number of quaternary nitrogens is 1. The van der Waals surface area contributed by atoms with Gasteiger partial charge in [-0.25, -0.2) is 0 Å². The van der Waals surface area contributed by atoms with Gasteiger partial charge in [-0.05, 0) is 12.8 Å². The minimum Gasteiger partial charge on any atom is -0.550 e. The first-order chi connectivity index (χ1) is 16.1. The summed E-state index contributed by atoms with van der Waals surface area (Å²) >= 11 is 0. The molecule has 0 spiro atoms. The fourth-order valence-corrected chi connectivity index (χ4v) is 5.36. The van der Waals surface area contributed by atoms with E-state index in [1.165, 1.54) is 83.1 Å². The summed E-state index contributed by atoms with van der Waals surface area (Å²) in [4.78, 5) is 10.7. The molecular weight excluding hydrogens is 450 g/mol. The van der Waals surface area contributed by atoms with Gasteiger partial charge in [0.05, 0.1) is 26.4 Å². The SMILES string of the molecule is C=CCS(=O)(=O)OC(CCCCCCCCCCCCCCCC)C[N+](C)(C)CCCC(=O)[O-]. The maximum absolute atomic E-state index is 12.2. The molecule has 0 amide bonds. The normalized spacial score (nSPS) is 13.1. The second-order valence-electron chi connectivity index (χ2n) is 10.4. The van der Waals surface area contributed by atoms with E-state index in [9.17, 15) is 18.3 Å². The van der Waals surface area contributed by atoms with E-state index < -0.39 is 22.2 Å². The Morgan fingerprint density at radius 1 is 0.882 bits per heavy atom. The van der Waals surface area contributed by atoms with Gasteiger partial charge < -0.3 is 14.4 Å². The minimum atomic E-state index is -3.64. The van der Waals surface area contributed by atoms with Crippen molar-refractivity contribution in [2.75, 3.05) is 32.9 Å². The van der Waals surface area contributed by atoms with Gasteiger partial charge in [0.1, 0.15) is 12.6 Å². The number of hydrogen-bond acceptors (Lipinski definition) is 5. The van der Waals surface area contributed by atoms with Gasteiger partial charge in [0.2, 0.25) is 0 Å². The zero-order valence-electron chi connectivity index (χ0n) is 22.4. The lowest BCUT2D eigenvalue weighted by Gasteiger charge is -2.33. The van der Waals surface area contributed by atoms with Crippen LogP contribution in [-0.2, 0) is 19.1 Å². The predicted molar refractivity (Wildman–Crippen MR) is 140 cm³/mol. The summed E-state index contributed by atoms with van der Waals surface area (Å²) in [6.45, 7) is 6.92. The molecule has 1 unspecified atom stereocenters. The number of nitrogens with zero attached hydrogens (tertiary/aromatic N) is 1. The molecule has 0 aromatic rings. The largest absolute Gasteiger partial charge is 0.550 e. The molecule has 0 aromatic carbocycles. The van der Waals surface area contributed by atoms with Crippen LogP contribution in [0.25, 0.3) is 0 Å². The number of carboxylic acids is 1. The second-order valence-corrected chi connectivity index (χ2v) is 12.1. The fourth-order valence-electron chi connectivity index (χ4n) is 4.42. The highest BCUT2D eigenvalue weighted by molar-refractivity contribution is 7.86. The van der Waals surface area contributed by atoms with Gasteiger partial charge in [0.25, 0.3) is 10.1 Å². The summed E-state index contributed by atoms with van der Waals surface area (Å²) < 4.78 is 30.4. The number of likely N-dealkylation sites (N-methyl/N-ethyl adjacent to an activating group) is 1. The van der Waals surface area contributed by atoms with Gasteiger partial charge in [-0.2, -0.15) is 8.42 Å². The van der Waals surface area contributed by atoms with Gasteiger partial charge in [-0.3, -0.25) is 4.18 Å². The van der Waals surface area contributed by atoms with Crippen molar-refractivity contribution in [2.45, 2.75) is 122 Å². The number of hydrogen-bond donors (Lipinski definition) is 0. The quantitative estimate of drug-likeness (QED) is 0.0724. The minimum absolute atomic E-state index is 0.0148. The van der Waals surface area contributed by atoms with Crippen LogP contribution in [0.3, 0.4) is 0 Å². The predicted octanol–water partition coefficient (Wildman–Crippen LogP) is 5.37. The summed E-state index contributed by atoms with van der Waals surface area (Å²) in [5.41, 5.74) is 0. The molecule has 0 saturated heterocycles. The summed E-state index contributed by atoms with van der Waals surface area (Å²) in [5.74, 6) is -1.25. The van der Waals surface area contributed by atoms with E-state index in [1.54, 1.807) is 0 Å². The third-order valence-electron chi connectivity index (χ3n) is 6.33. The Morgan fingerprint density at radius 3 is 1.79 bits per heavy atom. The monoisotopic (exact) mass is 503 g/mol. The highest BCUT2D eigenvalue weighted by Gasteiger charge is 2.26. The molecule has 0 fully saturated rings.